The first-order valence-electron chi connectivity index (χ1n) is 9.37. The van der Waals surface area contributed by atoms with Gasteiger partial charge in [-0.2, -0.15) is 0 Å². The number of ether oxygens (including phenoxy) is 3. The molecule has 0 unspecified atom stereocenters. The van der Waals surface area contributed by atoms with Crippen molar-refractivity contribution in [3.63, 3.8) is 0 Å². The third kappa shape index (κ3) is 8.58. The first kappa shape index (κ1) is 23.9. The average Bonchev–Trinajstić information content (AvgIpc) is 3.07. The highest BCUT2D eigenvalue weighted by Gasteiger charge is 2.17. The van der Waals surface area contributed by atoms with Gasteiger partial charge in [-0.3, -0.25) is 0 Å². The zero-order chi connectivity index (χ0) is 22.1. The molecule has 1 N–H and O–H groups in total. The van der Waals surface area contributed by atoms with Gasteiger partial charge in [0, 0.05) is 0 Å². The van der Waals surface area contributed by atoms with Crippen LogP contribution in [0, 0.1) is 0 Å². The van der Waals surface area contributed by atoms with Crippen molar-refractivity contribution in [3.05, 3.63) is 33.7 Å². The Kier molecular flexibility index (Phi) is 8.91. The number of amides is 1. The van der Waals surface area contributed by atoms with Crippen molar-refractivity contribution in [2.75, 3.05) is 13.2 Å². The number of thiazole rings is 1. The van der Waals surface area contributed by atoms with E-state index in [-0.39, 0.29) is 12.6 Å². The molecule has 1 aromatic heterocycles. The average molecular weight is 500 g/mol. The smallest absolute Gasteiger partial charge is 0.407 e. The second kappa shape index (κ2) is 11.2. The van der Waals surface area contributed by atoms with E-state index in [2.05, 4.69) is 31.4 Å². The van der Waals surface area contributed by atoms with Gasteiger partial charge in [0.2, 0.25) is 0 Å². The summed E-state index contributed by atoms with van der Waals surface area (Å²) < 4.78 is 17.2. The molecule has 1 aromatic carbocycles. The number of nitrogens with one attached hydrogen (secondary N) is 1. The van der Waals surface area contributed by atoms with Crippen molar-refractivity contribution in [3.8, 4) is 16.7 Å². The summed E-state index contributed by atoms with van der Waals surface area (Å²) in [5, 5.41) is 7.06. The minimum absolute atomic E-state index is 0.205. The molecule has 1 heterocycles. The molecule has 10 heteroatoms. The Labute approximate surface area is 188 Å². The SMILES string of the molecule is CCOc1ccc(Oc2ncc(/C=N\OC[C@H](C)NC(=O)OC(C)(C)C)s2)c(Br)c1. The quantitative estimate of drug-likeness (QED) is 0.368. The predicted molar refractivity (Wildman–Crippen MR) is 120 cm³/mol. The number of rotatable bonds is 9. The van der Waals surface area contributed by atoms with Crippen LogP contribution in [0.4, 0.5) is 4.79 Å². The molecule has 1 atom stereocenters. The molecule has 30 heavy (non-hydrogen) atoms. The zero-order valence-electron chi connectivity index (χ0n) is 17.6. The summed E-state index contributed by atoms with van der Waals surface area (Å²) in [4.78, 5) is 21.9. The maximum absolute atomic E-state index is 11.7. The number of hydrogen-bond acceptors (Lipinski definition) is 8. The standard InChI is InChI=1S/C20H26BrN3O5S/c1-6-26-14-7-8-17(16(21)9-14)28-19-22-10-15(30-19)11-23-27-12-13(2)24-18(25)29-20(3,4)5/h7-11,13H,6,12H2,1-5H3,(H,24,25)/b23-11-/t13-/m0/s1. The van der Waals surface area contributed by atoms with Crippen LogP contribution in [0.2, 0.25) is 0 Å². The van der Waals surface area contributed by atoms with Crippen molar-refractivity contribution < 1.29 is 23.8 Å². The number of nitrogens with zero attached hydrogens (tertiary/aromatic N) is 2. The van der Waals surface area contributed by atoms with Gasteiger partial charge in [0.05, 0.1) is 34.4 Å². The highest BCUT2D eigenvalue weighted by atomic mass is 79.9. The normalized spacial score (nSPS) is 12.5. The van der Waals surface area contributed by atoms with Crippen LogP contribution in [0.15, 0.2) is 34.0 Å². The molecule has 0 saturated heterocycles. The highest BCUT2D eigenvalue weighted by Crippen LogP contribution is 2.34. The highest BCUT2D eigenvalue weighted by molar-refractivity contribution is 9.10. The Morgan fingerprint density at radius 2 is 2.17 bits per heavy atom. The van der Waals surface area contributed by atoms with Crippen LogP contribution in [-0.2, 0) is 9.57 Å². The van der Waals surface area contributed by atoms with Gasteiger partial charge in [-0.1, -0.05) is 16.5 Å². The van der Waals surface area contributed by atoms with Gasteiger partial charge in [0.25, 0.3) is 5.19 Å². The number of carbonyl (C=O) groups excluding carboxylic acids is 1. The van der Waals surface area contributed by atoms with Gasteiger partial charge >= 0.3 is 6.09 Å². The van der Waals surface area contributed by atoms with E-state index >= 15 is 0 Å². The predicted octanol–water partition coefficient (Wildman–Crippen LogP) is 5.36. The molecule has 1 amide bonds. The minimum atomic E-state index is -0.546. The number of hydrogen-bond donors (Lipinski definition) is 1. The van der Waals surface area contributed by atoms with Crippen LogP contribution >= 0.6 is 27.3 Å². The molecular weight excluding hydrogens is 474 g/mol. The second-order valence-corrected chi connectivity index (χ2v) is 9.11. The van der Waals surface area contributed by atoms with Crippen molar-refractivity contribution in [2.45, 2.75) is 46.3 Å². The van der Waals surface area contributed by atoms with Gasteiger partial charge in [-0.15, -0.1) is 0 Å². The summed E-state index contributed by atoms with van der Waals surface area (Å²) >= 11 is 4.79. The molecule has 0 aliphatic heterocycles. The van der Waals surface area contributed by atoms with E-state index in [1.807, 2.05) is 25.1 Å². The largest absolute Gasteiger partial charge is 0.494 e. The first-order valence-corrected chi connectivity index (χ1v) is 11.0. The van der Waals surface area contributed by atoms with E-state index in [1.165, 1.54) is 17.6 Å². The molecule has 2 aromatic rings. The third-order valence-corrected chi connectivity index (χ3v) is 4.69. The Hall–Kier alpha value is -2.33. The Morgan fingerprint density at radius 3 is 2.83 bits per heavy atom. The Balaban J connectivity index is 1.80. The molecule has 0 aliphatic carbocycles. The number of benzene rings is 1. The monoisotopic (exact) mass is 499 g/mol. The lowest BCUT2D eigenvalue weighted by molar-refractivity contribution is 0.0459. The van der Waals surface area contributed by atoms with Gasteiger partial charge in [-0.25, -0.2) is 9.78 Å². The zero-order valence-corrected chi connectivity index (χ0v) is 20.0. The van der Waals surface area contributed by atoms with E-state index in [1.54, 1.807) is 33.9 Å². The molecule has 2 rings (SSSR count). The molecule has 0 aliphatic rings. The van der Waals surface area contributed by atoms with Crippen molar-refractivity contribution in [2.24, 2.45) is 5.16 Å². The number of carbonyl (C=O) groups is 1. The molecule has 0 radical (unpaired) electrons. The first-order chi connectivity index (χ1) is 14.2. The van der Waals surface area contributed by atoms with E-state index in [0.29, 0.717) is 17.6 Å². The van der Waals surface area contributed by atoms with Crippen molar-refractivity contribution >= 4 is 39.6 Å². The second-order valence-electron chi connectivity index (χ2n) is 7.23. The lowest BCUT2D eigenvalue weighted by atomic mass is 10.2. The van der Waals surface area contributed by atoms with E-state index in [4.69, 9.17) is 19.0 Å². The van der Waals surface area contributed by atoms with E-state index in [9.17, 15) is 4.79 Å². The molecule has 0 spiro atoms. The summed E-state index contributed by atoms with van der Waals surface area (Å²) in [5.74, 6) is 1.39. The van der Waals surface area contributed by atoms with E-state index < -0.39 is 11.7 Å². The fourth-order valence-electron chi connectivity index (χ4n) is 2.09. The summed E-state index contributed by atoms with van der Waals surface area (Å²) in [6.07, 6.45) is 2.68. The van der Waals surface area contributed by atoms with Crippen LogP contribution < -0.4 is 14.8 Å². The number of alkyl carbamates (subject to hydrolysis) is 1. The summed E-state index contributed by atoms with van der Waals surface area (Å²) in [6.45, 7) is 9.95. The maximum Gasteiger partial charge on any atom is 0.407 e. The fourth-order valence-corrected chi connectivity index (χ4v) is 3.16. The molecule has 8 nitrogen and oxygen atoms in total. The van der Waals surface area contributed by atoms with Crippen molar-refractivity contribution in [1.29, 1.82) is 0 Å². The lowest BCUT2D eigenvalue weighted by Crippen LogP contribution is -2.39. The maximum atomic E-state index is 11.7. The molecule has 0 bridgehead atoms. The van der Waals surface area contributed by atoms with E-state index in [0.717, 1.165) is 15.1 Å². The lowest BCUT2D eigenvalue weighted by Gasteiger charge is -2.21. The van der Waals surface area contributed by atoms with Gasteiger partial charge in [0.1, 0.15) is 23.7 Å². The van der Waals surface area contributed by atoms with Crippen LogP contribution in [0.5, 0.6) is 16.7 Å². The van der Waals surface area contributed by atoms with Crippen molar-refractivity contribution in [1.82, 2.24) is 10.3 Å². The molecule has 0 saturated carbocycles. The van der Waals surface area contributed by atoms with Gasteiger partial charge < -0.3 is 24.4 Å². The van der Waals surface area contributed by atoms with Crippen LogP contribution in [0.3, 0.4) is 0 Å². The number of aromatic nitrogens is 1. The van der Waals surface area contributed by atoms with Gasteiger partial charge in [0.15, 0.2) is 0 Å². The van der Waals surface area contributed by atoms with Crippen LogP contribution in [0.1, 0.15) is 39.5 Å². The summed E-state index contributed by atoms with van der Waals surface area (Å²) in [5.41, 5.74) is -0.546. The summed E-state index contributed by atoms with van der Waals surface area (Å²) in [6, 6.07) is 5.23. The summed E-state index contributed by atoms with van der Waals surface area (Å²) in [7, 11) is 0. The molecule has 0 fully saturated rings. The fraction of sp³-hybridized carbons (Fsp3) is 0.450. The Bertz CT molecular complexity index is 866. The minimum Gasteiger partial charge on any atom is -0.494 e. The molecule has 164 valence electrons. The third-order valence-electron chi connectivity index (χ3n) is 3.26. The Morgan fingerprint density at radius 1 is 1.40 bits per heavy atom. The number of oxime groups is 1. The topological polar surface area (TPSA) is 91.3 Å². The van der Waals surface area contributed by atoms with Crippen LogP contribution in [0.25, 0.3) is 0 Å². The number of halogens is 1. The van der Waals surface area contributed by atoms with Gasteiger partial charge in [-0.05, 0) is 68.7 Å². The van der Waals surface area contributed by atoms with Crippen LogP contribution in [-0.4, -0.2) is 42.1 Å². The molecular formula is C20H26BrN3O5S.